The third kappa shape index (κ3) is 3.39. The molecule has 0 amide bonds. The van der Waals surface area contributed by atoms with Gasteiger partial charge in [0.15, 0.2) is 0 Å². The summed E-state index contributed by atoms with van der Waals surface area (Å²) in [7, 11) is -3.92. The summed E-state index contributed by atoms with van der Waals surface area (Å²) in [6.45, 7) is 2.32. The van der Waals surface area contributed by atoms with Gasteiger partial charge in [-0.05, 0) is 36.8 Å². The molecule has 0 aliphatic carbocycles. The molecule has 1 fully saturated rings. The van der Waals surface area contributed by atoms with Gasteiger partial charge in [-0.3, -0.25) is 9.69 Å². The van der Waals surface area contributed by atoms with Crippen molar-refractivity contribution in [3.05, 3.63) is 102 Å². The number of hydrogen-bond donors (Lipinski definition) is 1. The van der Waals surface area contributed by atoms with Crippen molar-refractivity contribution in [3.63, 3.8) is 0 Å². The third-order valence-electron chi connectivity index (χ3n) is 5.94. The van der Waals surface area contributed by atoms with Crippen LogP contribution < -0.4 is 0 Å². The van der Waals surface area contributed by atoms with Crippen molar-refractivity contribution in [2.75, 3.05) is 0 Å². The molecule has 5 rings (SSSR count). The topological polar surface area (TPSA) is 79.4 Å². The van der Waals surface area contributed by atoms with E-state index in [9.17, 15) is 18.3 Å². The molecule has 32 heavy (non-hydrogen) atoms. The lowest BCUT2D eigenvalue weighted by Crippen LogP contribution is -2.16. The highest BCUT2D eigenvalue weighted by Gasteiger charge is 2.55. The number of aliphatic carboxylic acids is 1. The number of carboxylic acids is 1. The smallest absolute Gasteiger partial charge is 0.323 e. The summed E-state index contributed by atoms with van der Waals surface area (Å²) in [5.41, 5.74) is 2.95. The van der Waals surface area contributed by atoms with Crippen LogP contribution in [0.15, 0.2) is 89.8 Å². The van der Waals surface area contributed by atoms with E-state index < -0.39 is 28.1 Å². The standard InChI is InChI=1S/C25H22N2O4S/c1-17-11-13-20(14-12-17)32(30,31)27-21-10-6-5-9-19(21)15-22(27)23-24(25(28)29)26(23)16-18-7-3-2-4-8-18/h2-15,23-24H,16H2,1H3,(H,28,29)/t23-,24-,26?/m1/s1. The fourth-order valence-corrected chi connectivity index (χ4v) is 5.87. The van der Waals surface area contributed by atoms with Gasteiger partial charge in [0.05, 0.1) is 22.1 Å². The molecule has 6 nitrogen and oxygen atoms in total. The van der Waals surface area contributed by atoms with Crippen LogP contribution in [0, 0.1) is 6.92 Å². The van der Waals surface area contributed by atoms with E-state index >= 15 is 0 Å². The van der Waals surface area contributed by atoms with Crippen LogP contribution in [0.25, 0.3) is 10.9 Å². The zero-order chi connectivity index (χ0) is 22.5. The largest absolute Gasteiger partial charge is 0.480 e. The molecule has 1 saturated heterocycles. The van der Waals surface area contributed by atoms with Gasteiger partial charge in [0, 0.05) is 11.9 Å². The van der Waals surface area contributed by atoms with Crippen LogP contribution in [0.3, 0.4) is 0 Å². The van der Waals surface area contributed by atoms with E-state index in [1.165, 1.54) is 3.97 Å². The highest BCUT2D eigenvalue weighted by molar-refractivity contribution is 7.90. The number of aryl methyl sites for hydroxylation is 1. The lowest BCUT2D eigenvalue weighted by Gasteiger charge is -2.12. The molecule has 1 N–H and O–H groups in total. The van der Waals surface area contributed by atoms with Crippen LogP contribution in [-0.2, 0) is 21.4 Å². The molecule has 0 spiro atoms. The van der Waals surface area contributed by atoms with Crippen molar-refractivity contribution in [1.82, 2.24) is 8.87 Å². The average molecular weight is 447 g/mol. The second-order valence-corrected chi connectivity index (χ2v) is 9.88. The molecule has 1 aliphatic rings. The molecule has 4 aromatic rings. The Bertz CT molecular complexity index is 1410. The molecule has 162 valence electrons. The molecule has 7 heteroatoms. The minimum Gasteiger partial charge on any atom is -0.480 e. The number of nitrogens with zero attached hydrogens (tertiary/aromatic N) is 2. The summed E-state index contributed by atoms with van der Waals surface area (Å²) in [6, 6.07) is 24.0. The van der Waals surface area contributed by atoms with Gasteiger partial charge in [0.25, 0.3) is 10.0 Å². The number of benzene rings is 3. The van der Waals surface area contributed by atoms with Crippen LogP contribution in [0.1, 0.15) is 22.9 Å². The Morgan fingerprint density at radius 1 is 0.938 bits per heavy atom. The second kappa shape index (κ2) is 7.62. The monoisotopic (exact) mass is 446 g/mol. The highest BCUT2D eigenvalue weighted by Crippen LogP contribution is 2.47. The SMILES string of the molecule is Cc1ccc(S(=O)(=O)n2c([C@@H]3[C@H](C(=O)O)N3Cc3ccccc3)cc3ccccc32)cc1. The van der Waals surface area contributed by atoms with Crippen LogP contribution in [0.4, 0.5) is 0 Å². The van der Waals surface area contributed by atoms with Crippen LogP contribution in [-0.4, -0.2) is 34.4 Å². The predicted octanol–water partition coefficient (Wildman–Crippen LogP) is 4.20. The van der Waals surface area contributed by atoms with E-state index in [4.69, 9.17) is 0 Å². The zero-order valence-electron chi connectivity index (χ0n) is 17.4. The van der Waals surface area contributed by atoms with Gasteiger partial charge >= 0.3 is 5.97 Å². The van der Waals surface area contributed by atoms with E-state index in [1.807, 2.05) is 54.3 Å². The zero-order valence-corrected chi connectivity index (χ0v) is 18.2. The van der Waals surface area contributed by atoms with Gasteiger partial charge in [-0.1, -0.05) is 66.2 Å². The van der Waals surface area contributed by atoms with Gasteiger partial charge in [-0.25, -0.2) is 12.4 Å². The average Bonchev–Trinajstić information content (AvgIpc) is 3.35. The fourth-order valence-electron chi connectivity index (χ4n) is 4.32. The lowest BCUT2D eigenvalue weighted by atomic mass is 10.2. The summed E-state index contributed by atoms with van der Waals surface area (Å²) < 4.78 is 28.7. The maximum Gasteiger partial charge on any atom is 0.323 e. The van der Waals surface area contributed by atoms with Gasteiger partial charge in [0.2, 0.25) is 0 Å². The third-order valence-corrected chi connectivity index (χ3v) is 7.70. The molecular weight excluding hydrogens is 424 g/mol. The second-order valence-electron chi connectivity index (χ2n) is 8.10. The normalized spacial score (nSPS) is 20.3. The number of carbonyl (C=O) groups is 1. The first kappa shape index (κ1) is 20.5. The molecular formula is C25H22N2O4S. The Morgan fingerprint density at radius 2 is 1.59 bits per heavy atom. The van der Waals surface area contributed by atoms with E-state index in [-0.39, 0.29) is 4.90 Å². The van der Waals surface area contributed by atoms with E-state index in [2.05, 4.69) is 0 Å². The van der Waals surface area contributed by atoms with Gasteiger partial charge in [-0.2, -0.15) is 0 Å². The van der Waals surface area contributed by atoms with Crippen molar-refractivity contribution >= 4 is 26.9 Å². The molecule has 0 bridgehead atoms. The van der Waals surface area contributed by atoms with Crippen LogP contribution >= 0.6 is 0 Å². The molecule has 0 saturated carbocycles. The first-order valence-electron chi connectivity index (χ1n) is 10.3. The Labute approximate surface area is 186 Å². The summed E-state index contributed by atoms with van der Waals surface area (Å²) >= 11 is 0. The minimum atomic E-state index is -3.92. The molecule has 1 aromatic heterocycles. The Hall–Kier alpha value is -3.42. The number of aromatic nitrogens is 1. The first-order chi connectivity index (χ1) is 15.4. The van der Waals surface area contributed by atoms with Crippen molar-refractivity contribution in [2.24, 2.45) is 0 Å². The summed E-state index contributed by atoms with van der Waals surface area (Å²) in [5.74, 6) is -0.963. The number of fused-ring (bicyclic) bond motifs is 1. The predicted molar refractivity (Wildman–Crippen MR) is 122 cm³/mol. The van der Waals surface area contributed by atoms with Gasteiger partial charge in [0.1, 0.15) is 6.04 Å². The van der Waals surface area contributed by atoms with E-state index in [0.717, 1.165) is 16.5 Å². The van der Waals surface area contributed by atoms with Crippen LogP contribution in [0.5, 0.6) is 0 Å². The fraction of sp³-hybridized carbons (Fsp3) is 0.160. The van der Waals surface area contributed by atoms with Crippen molar-refractivity contribution in [1.29, 1.82) is 0 Å². The molecule has 1 aliphatic heterocycles. The highest BCUT2D eigenvalue weighted by atomic mass is 32.2. The summed E-state index contributed by atoms with van der Waals surface area (Å²) in [5, 5.41) is 10.6. The van der Waals surface area contributed by atoms with E-state index in [0.29, 0.717) is 17.8 Å². The maximum atomic E-state index is 13.7. The lowest BCUT2D eigenvalue weighted by molar-refractivity contribution is -0.137. The Morgan fingerprint density at radius 3 is 2.28 bits per heavy atom. The minimum absolute atomic E-state index is 0.174. The van der Waals surface area contributed by atoms with Gasteiger partial charge < -0.3 is 5.11 Å². The maximum absolute atomic E-state index is 13.7. The number of para-hydroxylation sites is 1. The Kier molecular flexibility index (Phi) is 4.87. The molecule has 3 atom stereocenters. The first-order valence-corrected chi connectivity index (χ1v) is 11.8. The molecule has 2 heterocycles. The summed E-state index contributed by atoms with van der Waals surface area (Å²) in [6.07, 6.45) is 0. The van der Waals surface area contributed by atoms with Crippen molar-refractivity contribution in [3.8, 4) is 0 Å². The number of rotatable bonds is 6. The molecule has 0 radical (unpaired) electrons. The van der Waals surface area contributed by atoms with Crippen molar-refractivity contribution < 1.29 is 18.3 Å². The van der Waals surface area contributed by atoms with Crippen molar-refractivity contribution in [2.45, 2.75) is 30.4 Å². The van der Waals surface area contributed by atoms with E-state index in [1.54, 1.807) is 42.5 Å². The quantitative estimate of drug-likeness (QED) is 0.449. The Balaban J connectivity index is 1.65. The molecule has 1 unspecified atom stereocenters. The molecule has 3 aromatic carbocycles. The van der Waals surface area contributed by atoms with Crippen LogP contribution in [0.2, 0.25) is 0 Å². The summed E-state index contributed by atoms with van der Waals surface area (Å²) in [4.78, 5) is 14.0. The number of hydrogen-bond acceptors (Lipinski definition) is 4. The van der Waals surface area contributed by atoms with Gasteiger partial charge in [-0.15, -0.1) is 0 Å². The number of carboxylic acid groups (broad SMARTS) is 1.